The van der Waals surface area contributed by atoms with Crippen LogP contribution in [0.5, 0.6) is 0 Å². The second-order valence-corrected chi connectivity index (χ2v) is 2.68. The Balaban J connectivity index is 2.44. The normalized spacial score (nSPS) is 10.0. The van der Waals surface area contributed by atoms with E-state index in [0.717, 1.165) is 6.26 Å². The Labute approximate surface area is 79.7 Å². The number of nitrogens with two attached hydrogens (primary N) is 1. The van der Waals surface area contributed by atoms with Crippen molar-refractivity contribution >= 4 is 11.9 Å². The molecule has 0 saturated carbocycles. The number of carboxylic acids is 1. The van der Waals surface area contributed by atoms with Gasteiger partial charge < -0.3 is 20.6 Å². The Morgan fingerprint density at radius 2 is 2.29 bits per heavy atom. The zero-order chi connectivity index (χ0) is 10.6. The van der Waals surface area contributed by atoms with Crippen LogP contribution >= 0.6 is 0 Å². The van der Waals surface area contributed by atoms with Crippen LogP contribution in [-0.4, -0.2) is 23.5 Å². The maximum absolute atomic E-state index is 10.4. The highest BCUT2D eigenvalue weighted by molar-refractivity contribution is 5.87. The van der Waals surface area contributed by atoms with Crippen molar-refractivity contribution < 1.29 is 19.1 Å². The number of primary amides is 1. The van der Waals surface area contributed by atoms with Crippen LogP contribution in [-0.2, 0) is 11.3 Å². The van der Waals surface area contributed by atoms with Crippen molar-refractivity contribution in [3.05, 3.63) is 23.7 Å². The summed E-state index contributed by atoms with van der Waals surface area (Å²) in [5.41, 5.74) is 4.97. The molecule has 1 amide bonds. The Bertz CT molecular complexity index is 345. The van der Waals surface area contributed by atoms with Crippen LogP contribution in [0.3, 0.4) is 0 Å². The Hall–Kier alpha value is -1.82. The van der Waals surface area contributed by atoms with Crippen LogP contribution in [0.15, 0.2) is 16.7 Å². The highest BCUT2D eigenvalue weighted by Gasteiger charge is 2.07. The number of amides is 1. The van der Waals surface area contributed by atoms with Crippen LogP contribution in [0, 0.1) is 0 Å². The number of rotatable bonds is 5. The number of carbonyl (C=O) groups is 2. The molecule has 0 aliphatic heterocycles. The minimum atomic E-state index is -1.05. The van der Waals surface area contributed by atoms with Gasteiger partial charge in [-0.15, -0.1) is 0 Å². The van der Waals surface area contributed by atoms with Crippen LogP contribution in [0.25, 0.3) is 0 Å². The van der Waals surface area contributed by atoms with Gasteiger partial charge in [0, 0.05) is 0 Å². The number of aromatic carboxylic acids is 1. The first-order valence-corrected chi connectivity index (χ1v) is 3.89. The van der Waals surface area contributed by atoms with E-state index in [1.165, 1.54) is 6.07 Å². The van der Waals surface area contributed by atoms with E-state index in [1.807, 2.05) is 0 Å². The van der Waals surface area contributed by atoms with E-state index in [-0.39, 0.29) is 18.7 Å². The van der Waals surface area contributed by atoms with Crippen LogP contribution in [0.1, 0.15) is 16.1 Å². The minimum absolute atomic E-state index is 0.0309. The fourth-order valence-electron chi connectivity index (χ4n) is 0.894. The average Bonchev–Trinajstić information content (AvgIpc) is 2.52. The van der Waals surface area contributed by atoms with Gasteiger partial charge in [-0.2, -0.15) is 0 Å². The number of nitrogens with one attached hydrogen (secondary N) is 1. The molecule has 6 nitrogen and oxygen atoms in total. The number of hydrogen-bond acceptors (Lipinski definition) is 4. The summed E-state index contributed by atoms with van der Waals surface area (Å²) in [6.07, 6.45) is 1.14. The lowest BCUT2D eigenvalue weighted by Crippen LogP contribution is -2.27. The highest BCUT2D eigenvalue weighted by Crippen LogP contribution is 2.06. The van der Waals surface area contributed by atoms with Gasteiger partial charge in [-0.05, 0) is 6.07 Å². The molecule has 0 bridgehead atoms. The Morgan fingerprint density at radius 1 is 1.57 bits per heavy atom. The van der Waals surface area contributed by atoms with Crippen molar-refractivity contribution in [3.8, 4) is 0 Å². The van der Waals surface area contributed by atoms with E-state index in [4.69, 9.17) is 15.3 Å². The van der Waals surface area contributed by atoms with Crippen molar-refractivity contribution in [2.45, 2.75) is 6.54 Å². The zero-order valence-electron chi connectivity index (χ0n) is 7.32. The molecule has 0 unspecified atom stereocenters. The fraction of sp³-hybridized carbons (Fsp3) is 0.250. The molecule has 0 aliphatic rings. The van der Waals surface area contributed by atoms with Gasteiger partial charge in [0.15, 0.2) is 0 Å². The molecule has 0 saturated heterocycles. The summed E-state index contributed by atoms with van der Waals surface area (Å²) in [6.45, 7) is 0.305. The second-order valence-electron chi connectivity index (χ2n) is 2.68. The second kappa shape index (κ2) is 4.43. The first-order valence-electron chi connectivity index (χ1n) is 3.89. The maximum Gasteiger partial charge on any atom is 0.338 e. The van der Waals surface area contributed by atoms with Gasteiger partial charge >= 0.3 is 5.97 Å². The summed E-state index contributed by atoms with van der Waals surface area (Å²) in [5, 5.41) is 11.2. The standard InChI is InChI=1S/C8H10N2O4/c9-7(11)3-10-2-6-1-5(4-14-6)8(12)13/h1,4,10H,2-3H2,(H2,9,11)(H,12,13). The lowest BCUT2D eigenvalue weighted by molar-refractivity contribution is -0.117. The molecule has 1 aromatic rings. The van der Waals surface area contributed by atoms with Gasteiger partial charge in [0.05, 0.1) is 18.7 Å². The average molecular weight is 198 g/mol. The predicted octanol–water partition coefficient (Wildman–Crippen LogP) is -0.447. The molecule has 14 heavy (non-hydrogen) atoms. The summed E-state index contributed by atoms with van der Waals surface area (Å²) in [6, 6.07) is 1.39. The van der Waals surface area contributed by atoms with E-state index in [1.54, 1.807) is 0 Å². The van der Waals surface area contributed by atoms with Crippen molar-refractivity contribution in [1.29, 1.82) is 0 Å². The van der Waals surface area contributed by atoms with Gasteiger partial charge in [-0.25, -0.2) is 4.79 Å². The molecule has 1 aromatic heterocycles. The van der Waals surface area contributed by atoms with Gasteiger partial charge in [0.2, 0.25) is 5.91 Å². The maximum atomic E-state index is 10.4. The molecular formula is C8H10N2O4. The summed E-state index contributed by atoms with van der Waals surface area (Å²) < 4.78 is 4.91. The zero-order valence-corrected chi connectivity index (χ0v) is 7.32. The lowest BCUT2D eigenvalue weighted by Gasteiger charge is -1.96. The summed E-state index contributed by atoms with van der Waals surface area (Å²) in [7, 11) is 0. The fourth-order valence-corrected chi connectivity index (χ4v) is 0.894. The van der Waals surface area contributed by atoms with Crippen molar-refractivity contribution in [3.63, 3.8) is 0 Å². The third-order valence-electron chi connectivity index (χ3n) is 1.50. The number of carbonyl (C=O) groups excluding carboxylic acids is 1. The Kier molecular flexibility index (Phi) is 3.24. The van der Waals surface area contributed by atoms with Crippen molar-refractivity contribution in [1.82, 2.24) is 5.32 Å². The van der Waals surface area contributed by atoms with E-state index in [2.05, 4.69) is 5.32 Å². The molecule has 0 atom stereocenters. The SMILES string of the molecule is NC(=O)CNCc1cc(C(=O)O)co1. The first-order chi connectivity index (χ1) is 6.59. The summed E-state index contributed by atoms with van der Waals surface area (Å²) in [5.74, 6) is -1.08. The van der Waals surface area contributed by atoms with Gasteiger partial charge in [0.25, 0.3) is 0 Å². The summed E-state index contributed by atoms with van der Waals surface area (Å²) >= 11 is 0. The van der Waals surface area contributed by atoms with E-state index < -0.39 is 11.9 Å². The van der Waals surface area contributed by atoms with Gasteiger partial charge in [-0.3, -0.25) is 4.79 Å². The monoisotopic (exact) mass is 198 g/mol. The molecular weight excluding hydrogens is 188 g/mol. The number of carboxylic acid groups (broad SMARTS) is 1. The number of hydrogen-bond donors (Lipinski definition) is 3. The first kappa shape index (κ1) is 10.3. The van der Waals surface area contributed by atoms with E-state index in [0.29, 0.717) is 5.76 Å². The van der Waals surface area contributed by atoms with E-state index >= 15 is 0 Å². The smallest absolute Gasteiger partial charge is 0.338 e. The molecule has 1 rings (SSSR count). The molecule has 0 radical (unpaired) electrons. The van der Waals surface area contributed by atoms with Crippen molar-refractivity contribution in [2.24, 2.45) is 5.73 Å². The molecule has 1 heterocycles. The molecule has 0 aliphatic carbocycles. The molecule has 0 aromatic carbocycles. The molecule has 76 valence electrons. The van der Waals surface area contributed by atoms with E-state index in [9.17, 15) is 9.59 Å². The largest absolute Gasteiger partial charge is 0.478 e. The summed E-state index contributed by atoms with van der Waals surface area (Å²) in [4.78, 5) is 20.8. The van der Waals surface area contributed by atoms with Crippen LogP contribution < -0.4 is 11.1 Å². The quantitative estimate of drug-likeness (QED) is 0.594. The number of furan rings is 1. The third kappa shape index (κ3) is 2.91. The van der Waals surface area contributed by atoms with Crippen LogP contribution in [0.2, 0.25) is 0 Å². The molecule has 4 N–H and O–H groups in total. The van der Waals surface area contributed by atoms with Gasteiger partial charge in [0.1, 0.15) is 12.0 Å². The Morgan fingerprint density at radius 3 is 2.79 bits per heavy atom. The predicted molar refractivity (Wildman–Crippen MR) is 46.6 cm³/mol. The minimum Gasteiger partial charge on any atom is -0.478 e. The molecule has 0 fully saturated rings. The molecule has 0 spiro atoms. The topological polar surface area (TPSA) is 106 Å². The van der Waals surface area contributed by atoms with Crippen LogP contribution in [0.4, 0.5) is 0 Å². The third-order valence-corrected chi connectivity index (χ3v) is 1.50. The van der Waals surface area contributed by atoms with Crippen molar-refractivity contribution in [2.75, 3.05) is 6.54 Å². The lowest BCUT2D eigenvalue weighted by atomic mass is 10.3. The molecule has 6 heteroatoms. The highest BCUT2D eigenvalue weighted by atomic mass is 16.4. The van der Waals surface area contributed by atoms with Gasteiger partial charge in [-0.1, -0.05) is 0 Å².